The van der Waals surface area contributed by atoms with Crippen molar-refractivity contribution in [3.8, 4) is 0 Å². The number of hydrogen-bond acceptors (Lipinski definition) is 5. The van der Waals surface area contributed by atoms with E-state index in [1.165, 1.54) is 18.2 Å². The summed E-state index contributed by atoms with van der Waals surface area (Å²) in [5.74, 6) is 0.0126. The third-order valence-corrected chi connectivity index (χ3v) is 5.37. The first-order valence-electron chi connectivity index (χ1n) is 5.82. The van der Waals surface area contributed by atoms with Crippen LogP contribution in [-0.2, 0) is 20.8 Å². The van der Waals surface area contributed by atoms with Gasteiger partial charge in [0.1, 0.15) is 4.90 Å². The second-order valence-corrected chi connectivity index (χ2v) is 7.55. The van der Waals surface area contributed by atoms with Gasteiger partial charge in [0.15, 0.2) is 0 Å². The van der Waals surface area contributed by atoms with Gasteiger partial charge in [-0.3, -0.25) is 9.00 Å². The second-order valence-electron chi connectivity index (χ2n) is 3.95. The SMILES string of the molecule is CCS(=O)CCNS(=O)(=O)c1ccc(C(N)=O)cc1N. The number of primary amides is 1. The molecule has 1 aromatic carbocycles. The number of anilines is 1. The highest BCUT2D eigenvalue weighted by molar-refractivity contribution is 7.89. The minimum Gasteiger partial charge on any atom is -0.398 e. The second kappa shape index (κ2) is 6.82. The predicted octanol–water partition coefficient (Wildman–Crippen LogP) is -0.585. The zero-order chi connectivity index (χ0) is 15.3. The number of sulfonamides is 1. The van der Waals surface area contributed by atoms with Crippen LogP contribution in [0.1, 0.15) is 17.3 Å². The summed E-state index contributed by atoms with van der Waals surface area (Å²) in [4.78, 5) is 10.8. The van der Waals surface area contributed by atoms with E-state index in [1.807, 2.05) is 0 Å². The molecule has 0 saturated carbocycles. The molecule has 0 heterocycles. The zero-order valence-corrected chi connectivity index (χ0v) is 12.6. The lowest BCUT2D eigenvalue weighted by molar-refractivity contribution is 0.1000. The van der Waals surface area contributed by atoms with Crippen molar-refractivity contribution in [2.45, 2.75) is 11.8 Å². The van der Waals surface area contributed by atoms with E-state index < -0.39 is 26.7 Å². The fraction of sp³-hybridized carbons (Fsp3) is 0.364. The van der Waals surface area contributed by atoms with E-state index in [-0.39, 0.29) is 28.4 Å². The number of nitrogens with one attached hydrogen (secondary N) is 1. The molecule has 0 radical (unpaired) electrons. The van der Waals surface area contributed by atoms with Crippen LogP contribution < -0.4 is 16.2 Å². The Kier molecular flexibility index (Phi) is 5.66. The first-order chi connectivity index (χ1) is 9.27. The quantitative estimate of drug-likeness (QED) is 0.578. The van der Waals surface area contributed by atoms with Gasteiger partial charge >= 0.3 is 0 Å². The lowest BCUT2D eigenvalue weighted by Crippen LogP contribution is -2.29. The van der Waals surface area contributed by atoms with Crippen molar-refractivity contribution in [2.24, 2.45) is 5.73 Å². The third kappa shape index (κ3) is 4.29. The normalized spacial score (nSPS) is 13.1. The Bertz CT molecular complexity index is 629. The van der Waals surface area contributed by atoms with Gasteiger partial charge in [-0.2, -0.15) is 0 Å². The molecule has 0 spiro atoms. The van der Waals surface area contributed by atoms with Crippen LogP contribution in [0.15, 0.2) is 23.1 Å². The minimum absolute atomic E-state index is 0.0554. The summed E-state index contributed by atoms with van der Waals surface area (Å²) < 4.78 is 37.5. The average Bonchev–Trinajstić information content (AvgIpc) is 2.37. The maximum Gasteiger partial charge on any atom is 0.248 e. The summed E-state index contributed by atoms with van der Waals surface area (Å²) in [5, 5.41) is 0. The molecular formula is C11H17N3O4S2. The van der Waals surface area contributed by atoms with Gasteiger partial charge < -0.3 is 11.5 Å². The number of nitrogen functional groups attached to an aromatic ring is 1. The lowest BCUT2D eigenvalue weighted by Gasteiger charge is -2.09. The van der Waals surface area contributed by atoms with E-state index in [0.717, 1.165) is 0 Å². The molecule has 1 rings (SSSR count). The summed E-state index contributed by atoms with van der Waals surface area (Å²) in [6, 6.07) is 3.72. The Morgan fingerprint density at radius 3 is 2.55 bits per heavy atom. The molecule has 7 nitrogen and oxygen atoms in total. The Morgan fingerprint density at radius 1 is 1.40 bits per heavy atom. The van der Waals surface area contributed by atoms with Crippen LogP contribution in [0.5, 0.6) is 0 Å². The Labute approximate surface area is 120 Å². The molecule has 0 aliphatic heterocycles. The molecule has 0 aliphatic carbocycles. The summed E-state index contributed by atoms with van der Waals surface area (Å²) in [6.07, 6.45) is 0. The van der Waals surface area contributed by atoms with Crippen molar-refractivity contribution in [3.63, 3.8) is 0 Å². The van der Waals surface area contributed by atoms with E-state index in [9.17, 15) is 17.4 Å². The molecule has 20 heavy (non-hydrogen) atoms. The molecule has 0 saturated heterocycles. The van der Waals surface area contributed by atoms with Gasteiger partial charge in [-0.1, -0.05) is 6.92 Å². The first-order valence-corrected chi connectivity index (χ1v) is 8.79. The lowest BCUT2D eigenvalue weighted by atomic mass is 10.2. The first kappa shape index (κ1) is 16.6. The van der Waals surface area contributed by atoms with E-state index in [4.69, 9.17) is 11.5 Å². The predicted molar refractivity (Wildman–Crippen MR) is 78.1 cm³/mol. The van der Waals surface area contributed by atoms with E-state index in [1.54, 1.807) is 6.92 Å². The summed E-state index contributed by atoms with van der Waals surface area (Å²) in [5.41, 5.74) is 10.8. The number of hydrogen-bond donors (Lipinski definition) is 3. The number of benzene rings is 1. The molecule has 0 aromatic heterocycles. The monoisotopic (exact) mass is 319 g/mol. The maximum atomic E-state index is 12.0. The van der Waals surface area contributed by atoms with Gasteiger partial charge in [-0.15, -0.1) is 0 Å². The summed E-state index contributed by atoms with van der Waals surface area (Å²) in [7, 11) is -4.85. The third-order valence-electron chi connectivity index (χ3n) is 2.53. The summed E-state index contributed by atoms with van der Waals surface area (Å²) in [6.45, 7) is 1.81. The van der Waals surface area contributed by atoms with Gasteiger partial charge in [-0.25, -0.2) is 13.1 Å². The van der Waals surface area contributed by atoms with Gasteiger partial charge in [0.2, 0.25) is 15.9 Å². The van der Waals surface area contributed by atoms with Crippen LogP contribution in [-0.4, -0.2) is 36.6 Å². The van der Waals surface area contributed by atoms with E-state index in [0.29, 0.717) is 5.75 Å². The fourth-order valence-electron chi connectivity index (χ4n) is 1.46. The van der Waals surface area contributed by atoms with Gasteiger partial charge in [-0.05, 0) is 18.2 Å². The highest BCUT2D eigenvalue weighted by atomic mass is 32.2. The Balaban J connectivity index is 2.87. The highest BCUT2D eigenvalue weighted by Crippen LogP contribution is 2.19. The molecule has 0 aliphatic rings. The standard InChI is InChI=1S/C11H17N3O4S2/c1-2-19(16)6-5-14-20(17,18)10-4-3-8(11(13)15)7-9(10)12/h3-4,7,14H,2,5-6,12H2,1H3,(H2,13,15). The molecule has 9 heteroatoms. The largest absolute Gasteiger partial charge is 0.398 e. The van der Waals surface area contributed by atoms with Crippen molar-refractivity contribution < 1.29 is 17.4 Å². The smallest absolute Gasteiger partial charge is 0.248 e. The van der Waals surface area contributed by atoms with Gasteiger partial charge in [0, 0.05) is 34.4 Å². The van der Waals surface area contributed by atoms with Gasteiger partial charge in [0.05, 0.1) is 5.69 Å². The zero-order valence-electron chi connectivity index (χ0n) is 11.0. The van der Waals surface area contributed by atoms with Crippen LogP contribution in [0.3, 0.4) is 0 Å². The van der Waals surface area contributed by atoms with Crippen molar-refractivity contribution in [2.75, 3.05) is 23.8 Å². The van der Waals surface area contributed by atoms with Crippen molar-refractivity contribution in [1.29, 1.82) is 0 Å². The number of carbonyl (C=O) groups is 1. The van der Waals surface area contributed by atoms with Crippen LogP contribution in [0.4, 0.5) is 5.69 Å². The molecule has 5 N–H and O–H groups in total. The van der Waals surface area contributed by atoms with Gasteiger partial charge in [0.25, 0.3) is 0 Å². The van der Waals surface area contributed by atoms with Crippen LogP contribution >= 0.6 is 0 Å². The van der Waals surface area contributed by atoms with Crippen LogP contribution in [0, 0.1) is 0 Å². The Hall–Kier alpha value is -1.45. The number of amides is 1. The van der Waals surface area contributed by atoms with E-state index in [2.05, 4.69) is 4.72 Å². The number of rotatable bonds is 7. The Morgan fingerprint density at radius 2 is 2.05 bits per heavy atom. The van der Waals surface area contributed by atoms with E-state index >= 15 is 0 Å². The topological polar surface area (TPSA) is 132 Å². The molecule has 112 valence electrons. The number of nitrogens with two attached hydrogens (primary N) is 2. The average molecular weight is 319 g/mol. The maximum absolute atomic E-state index is 12.0. The molecular weight excluding hydrogens is 302 g/mol. The molecule has 1 atom stereocenters. The molecule has 1 unspecified atom stereocenters. The number of carbonyl (C=O) groups excluding carboxylic acids is 1. The van der Waals surface area contributed by atoms with Crippen LogP contribution in [0.2, 0.25) is 0 Å². The van der Waals surface area contributed by atoms with Crippen LogP contribution in [0.25, 0.3) is 0 Å². The highest BCUT2D eigenvalue weighted by Gasteiger charge is 2.18. The van der Waals surface area contributed by atoms with Crippen molar-refractivity contribution in [3.05, 3.63) is 23.8 Å². The molecule has 1 aromatic rings. The van der Waals surface area contributed by atoms with Crippen molar-refractivity contribution in [1.82, 2.24) is 4.72 Å². The molecule has 0 bridgehead atoms. The van der Waals surface area contributed by atoms with Crippen molar-refractivity contribution >= 4 is 32.4 Å². The fourth-order valence-corrected chi connectivity index (χ4v) is 3.35. The molecule has 1 amide bonds. The summed E-state index contributed by atoms with van der Waals surface area (Å²) >= 11 is 0. The minimum atomic E-state index is -3.80. The molecule has 0 fully saturated rings.